The Morgan fingerprint density at radius 3 is 2.39 bits per heavy atom. The Morgan fingerprint density at radius 2 is 1.82 bits per heavy atom. The molecule has 9 heteroatoms. The average molecular weight is 485 g/mol. The van der Waals surface area contributed by atoms with Crippen molar-refractivity contribution in [2.45, 2.75) is 52.7 Å². The van der Waals surface area contributed by atoms with E-state index >= 15 is 0 Å². The third-order valence-corrected chi connectivity index (χ3v) is 5.77. The Labute approximate surface area is 204 Å². The van der Waals surface area contributed by atoms with Crippen molar-refractivity contribution in [1.29, 1.82) is 0 Å². The van der Waals surface area contributed by atoms with Gasteiger partial charge in [0.25, 0.3) is 5.91 Å². The van der Waals surface area contributed by atoms with Gasteiger partial charge in [0.15, 0.2) is 10.8 Å². The molecule has 1 heterocycles. The third-order valence-electron chi connectivity index (χ3n) is 5.07. The number of halogens is 1. The number of anilines is 3. The Bertz CT molecular complexity index is 1200. The quantitative estimate of drug-likeness (QED) is 0.400. The van der Waals surface area contributed by atoms with Gasteiger partial charge in [-0.25, -0.2) is 9.64 Å². The van der Waals surface area contributed by atoms with Crippen LogP contribution in [-0.2, 0) is 9.53 Å². The number of nitrogens with one attached hydrogen (secondary N) is 1. The fourth-order valence-corrected chi connectivity index (χ4v) is 4.21. The fraction of sp³-hybridized carbons (Fsp3) is 0.333. The first-order valence-corrected chi connectivity index (χ1v) is 11.0. The number of amides is 2. The molecule has 0 atom stereocenters. The summed E-state index contributed by atoms with van der Waals surface area (Å²) in [5.41, 5.74) is 1.12. The number of carbonyl (C=O) groups is 2. The summed E-state index contributed by atoms with van der Waals surface area (Å²) in [7, 11) is 0. The smallest absolute Gasteiger partial charge is 0.412 e. The van der Waals surface area contributed by atoms with Gasteiger partial charge in [-0.05, 0) is 89.7 Å². The van der Waals surface area contributed by atoms with Crippen molar-refractivity contribution in [2.24, 2.45) is 0 Å². The van der Waals surface area contributed by atoms with Gasteiger partial charge >= 0.3 is 6.09 Å². The Morgan fingerprint density at radius 1 is 1.18 bits per heavy atom. The van der Waals surface area contributed by atoms with Gasteiger partial charge in [0.2, 0.25) is 0 Å². The molecule has 0 unspecified atom stereocenters. The summed E-state index contributed by atoms with van der Waals surface area (Å²) < 4.78 is 5.31. The normalized spacial score (nSPS) is 15.5. The van der Waals surface area contributed by atoms with Crippen molar-refractivity contribution >= 4 is 63.7 Å². The van der Waals surface area contributed by atoms with Crippen molar-refractivity contribution in [2.75, 3.05) is 15.1 Å². The van der Waals surface area contributed by atoms with Gasteiger partial charge < -0.3 is 9.64 Å². The summed E-state index contributed by atoms with van der Waals surface area (Å²) in [6.07, 6.45) is -0.641. The van der Waals surface area contributed by atoms with Crippen LogP contribution >= 0.6 is 23.8 Å². The van der Waals surface area contributed by atoms with E-state index in [1.807, 2.05) is 6.92 Å². The molecule has 0 aromatic heterocycles. The third kappa shape index (κ3) is 4.80. The van der Waals surface area contributed by atoms with Crippen LogP contribution in [0.25, 0.3) is 4.85 Å². The maximum Gasteiger partial charge on any atom is 0.412 e. The fourth-order valence-electron chi connectivity index (χ4n) is 3.52. The molecular weight excluding hydrogens is 460 g/mol. The van der Waals surface area contributed by atoms with Crippen LogP contribution < -0.4 is 15.1 Å². The number of carbonyl (C=O) groups excluding carboxylic acids is 2. The van der Waals surface area contributed by atoms with Gasteiger partial charge in [-0.3, -0.25) is 15.0 Å². The van der Waals surface area contributed by atoms with E-state index in [9.17, 15) is 9.59 Å². The lowest BCUT2D eigenvalue weighted by Crippen LogP contribution is -2.44. The van der Waals surface area contributed by atoms with Crippen molar-refractivity contribution in [1.82, 2.24) is 0 Å². The van der Waals surface area contributed by atoms with Gasteiger partial charge in [0.05, 0.1) is 17.3 Å². The SMILES string of the molecule is [C-]#[N+]c1ccc(N2C(=O)C(C)(C)N(c3ccc(Cl)c(NC(=O)OC(C)(C)C)c3)C2=S)cc1C. The molecule has 2 aromatic rings. The molecule has 0 radical (unpaired) electrons. The largest absolute Gasteiger partial charge is 0.444 e. The summed E-state index contributed by atoms with van der Waals surface area (Å²) in [6.45, 7) is 17.9. The van der Waals surface area contributed by atoms with Gasteiger partial charge in [-0.1, -0.05) is 17.7 Å². The van der Waals surface area contributed by atoms with Crippen LogP contribution in [-0.4, -0.2) is 28.3 Å². The zero-order valence-electron chi connectivity index (χ0n) is 19.3. The molecule has 1 aliphatic rings. The summed E-state index contributed by atoms with van der Waals surface area (Å²) in [5.74, 6) is -0.209. The number of hydrogen-bond acceptors (Lipinski definition) is 4. The number of benzene rings is 2. The predicted octanol–water partition coefficient (Wildman–Crippen LogP) is 6.46. The highest BCUT2D eigenvalue weighted by atomic mass is 35.5. The molecule has 1 aliphatic heterocycles. The highest BCUT2D eigenvalue weighted by Crippen LogP contribution is 2.39. The van der Waals surface area contributed by atoms with Crippen LogP contribution in [0.2, 0.25) is 5.02 Å². The lowest BCUT2D eigenvalue weighted by Gasteiger charge is -2.30. The van der Waals surface area contributed by atoms with Crippen LogP contribution in [0.3, 0.4) is 0 Å². The number of rotatable bonds is 3. The van der Waals surface area contributed by atoms with Crippen molar-refractivity contribution in [3.8, 4) is 0 Å². The van der Waals surface area contributed by atoms with Gasteiger partial charge in [-0.2, -0.15) is 0 Å². The minimum absolute atomic E-state index is 0.209. The molecule has 7 nitrogen and oxygen atoms in total. The van der Waals surface area contributed by atoms with Crippen molar-refractivity contribution in [3.05, 3.63) is 58.4 Å². The number of thiocarbonyl (C=S) groups is 1. The number of ether oxygens (including phenoxy) is 1. The van der Waals surface area contributed by atoms with Crippen LogP contribution in [0, 0.1) is 13.5 Å². The molecule has 0 aliphatic carbocycles. The first-order valence-electron chi connectivity index (χ1n) is 10.2. The molecular formula is C24H25ClN4O3S. The van der Waals surface area contributed by atoms with Crippen LogP contribution in [0.15, 0.2) is 36.4 Å². The molecule has 1 fully saturated rings. The van der Waals surface area contributed by atoms with Gasteiger partial charge in [0.1, 0.15) is 11.1 Å². The van der Waals surface area contributed by atoms with Gasteiger partial charge in [0, 0.05) is 11.4 Å². The van der Waals surface area contributed by atoms with E-state index in [-0.39, 0.29) is 11.0 Å². The second-order valence-corrected chi connectivity index (χ2v) is 9.96. The highest BCUT2D eigenvalue weighted by molar-refractivity contribution is 7.81. The lowest BCUT2D eigenvalue weighted by molar-refractivity contribution is -0.120. The number of aryl methyl sites for hydroxylation is 1. The maximum atomic E-state index is 13.4. The van der Waals surface area contributed by atoms with E-state index < -0.39 is 17.2 Å². The first-order chi connectivity index (χ1) is 15.3. The zero-order chi connectivity index (χ0) is 24.7. The summed E-state index contributed by atoms with van der Waals surface area (Å²) in [4.78, 5) is 32.3. The van der Waals surface area contributed by atoms with Gasteiger partial charge in [-0.15, -0.1) is 0 Å². The second-order valence-electron chi connectivity index (χ2n) is 9.19. The molecule has 0 saturated carbocycles. The van der Waals surface area contributed by atoms with Crippen LogP contribution in [0.5, 0.6) is 0 Å². The molecule has 0 spiro atoms. The minimum atomic E-state index is -1.000. The van der Waals surface area contributed by atoms with Crippen LogP contribution in [0.1, 0.15) is 40.2 Å². The van der Waals surface area contributed by atoms with Crippen molar-refractivity contribution in [3.63, 3.8) is 0 Å². The molecule has 3 rings (SSSR count). The van der Waals surface area contributed by atoms with E-state index in [1.54, 1.807) is 75.9 Å². The summed E-state index contributed by atoms with van der Waals surface area (Å²) in [5, 5.41) is 3.26. The topological polar surface area (TPSA) is 66.2 Å². The zero-order valence-corrected chi connectivity index (χ0v) is 20.9. The average Bonchev–Trinajstić information content (AvgIpc) is 2.86. The number of nitrogens with zero attached hydrogens (tertiary/aromatic N) is 3. The van der Waals surface area contributed by atoms with Crippen molar-refractivity contribution < 1.29 is 14.3 Å². The van der Waals surface area contributed by atoms with E-state index in [0.717, 1.165) is 5.56 Å². The molecule has 0 bridgehead atoms. The second kappa shape index (κ2) is 8.65. The summed E-state index contributed by atoms with van der Waals surface area (Å²) >= 11 is 12.0. The molecule has 1 N–H and O–H groups in total. The number of hydrogen-bond donors (Lipinski definition) is 1. The molecule has 1 saturated heterocycles. The first kappa shape index (κ1) is 24.5. The lowest BCUT2D eigenvalue weighted by atomic mass is 10.0. The van der Waals surface area contributed by atoms with Crippen LogP contribution in [0.4, 0.5) is 27.5 Å². The molecule has 2 aromatic carbocycles. The van der Waals surface area contributed by atoms with E-state index in [2.05, 4.69) is 10.2 Å². The Kier molecular flexibility index (Phi) is 6.42. The van der Waals surface area contributed by atoms with E-state index in [1.165, 1.54) is 4.90 Å². The molecule has 2 amide bonds. The molecule has 172 valence electrons. The Hall–Kier alpha value is -3.15. The van der Waals surface area contributed by atoms with E-state index in [4.69, 9.17) is 35.1 Å². The summed E-state index contributed by atoms with van der Waals surface area (Å²) in [6, 6.07) is 10.2. The predicted molar refractivity (Wildman–Crippen MR) is 135 cm³/mol. The highest BCUT2D eigenvalue weighted by Gasteiger charge is 2.50. The molecule has 33 heavy (non-hydrogen) atoms. The monoisotopic (exact) mass is 484 g/mol. The van der Waals surface area contributed by atoms with E-state index in [0.29, 0.717) is 27.8 Å². The standard InChI is InChI=1S/C24H25ClN4O3S/c1-14-12-15(9-11-18(14)26-7)28-20(30)24(5,6)29(22(28)33)16-8-10-17(25)19(13-16)27-21(31)32-23(2,3)4/h8-13H,1-6H3,(H,27,31). The maximum absolute atomic E-state index is 13.4. The minimum Gasteiger partial charge on any atom is -0.444 e. The Balaban J connectivity index is 1.98.